The van der Waals surface area contributed by atoms with Gasteiger partial charge in [-0.15, -0.1) is 0 Å². The number of halogens is 1. The minimum absolute atomic E-state index is 0.110. The molecule has 2 rings (SSSR count). The number of Topliss-reactive ketones (excluding diaryl/α,β-unsaturated/α-hetero) is 1. The van der Waals surface area contributed by atoms with E-state index in [1.54, 1.807) is 7.11 Å². The van der Waals surface area contributed by atoms with Gasteiger partial charge in [-0.25, -0.2) is 0 Å². The van der Waals surface area contributed by atoms with Crippen molar-refractivity contribution in [3.05, 3.63) is 28.2 Å². The number of ether oxygens (including phenoxy) is 1. The molecule has 1 unspecified atom stereocenters. The highest BCUT2D eigenvalue weighted by Gasteiger charge is 2.34. The molecule has 1 aliphatic carbocycles. The van der Waals surface area contributed by atoms with Crippen LogP contribution >= 0.6 is 15.9 Å². The van der Waals surface area contributed by atoms with Gasteiger partial charge in [0.05, 0.1) is 7.11 Å². The van der Waals surface area contributed by atoms with Crippen LogP contribution in [0.2, 0.25) is 0 Å². The summed E-state index contributed by atoms with van der Waals surface area (Å²) >= 11 is 3.40. The number of aliphatic hydroxyl groups is 1. The van der Waals surface area contributed by atoms with Gasteiger partial charge in [0.15, 0.2) is 5.78 Å². The first-order valence-electron chi connectivity index (χ1n) is 5.65. The summed E-state index contributed by atoms with van der Waals surface area (Å²) in [6.07, 6.45) is 1.38. The minimum Gasteiger partial charge on any atom is -0.497 e. The largest absolute Gasteiger partial charge is 0.497 e. The minimum atomic E-state index is -0.798. The summed E-state index contributed by atoms with van der Waals surface area (Å²) in [5.74, 6) is 0.797. The lowest BCUT2D eigenvalue weighted by Crippen LogP contribution is -2.24. The van der Waals surface area contributed by atoms with Crippen LogP contribution in [0.4, 0.5) is 0 Å². The van der Waals surface area contributed by atoms with Crippen molar-refractivity contribution >= 4 is 21.7 Å². The highest BCUT2D eigenvalue weighted by atomic mass is 79.9. The molecule has 1 saturated carbocycles. The number of benzene rings is 1. The number of carbonyl (C=O) groups excluding carboxylic acids is 1. The molecule has 0 aliphatic heterocycles. The second-order valence-corrected chi connectivity index (χ2v) is 5.24. The maximum Gasteiger partial charge on any atom is 0.165 e. The molecule has 0 aromatic heterocycles. The molecule has 0 radical (unpaired) electrons. The van der Waals surface area contributed by atoms with E-state index in [1.807, 2.05) is 18.2 Å². The zero-order valence-corrected chi connectivity index (χ0v) is 11.2. The van der Waals surface area contributed by atoms with Crippen LogP contribution in [0.1, 0.15) is 18.4 Å². The lowest BCUT2D eigenvalue weighted by Gasteiger charge is -2.10. The molecule has 1 aromatic rings. The Morgan fingerprint density at radius 2 is 2.29 bits per heavy atom. The van der Waals surface area contributed by atoms with Crippen molar-refractivity contribution in [3.63, 3.8) is 0 Å². The van der Waals surface area contributed by atoms with Gasteiger partial charge in [0.2, 0.25) is 0 Å². The first kappa shape index (κ1) is 12.6. The zero-order chi connectivity index (χ0) is 12.4. The van der Waals surface area contributed by atoms with Crippen LogP contribution in [0.3, 0.4) is 0 Å². The van der Waals surface area contributed by atoms with E-state index in [-0.39, 0.29) is 18.1 Å². The van der Waals surface area contributed by atoms with Gasteiger partial charge in [-0.3, -0.25) is 4.79 Å². The number of hydrogen-bond donors (Lipinski definition) is 1. The van der Waals surface area contributed by atoms with Gasteiger partial charge in [-0.05, 0) is 42.5 Å². The predicted octanol–water partition coefficient (Wildman–Crippen LogP) is 2.34. The summed E-state index contributed by atoms with van der Waals surface area (Å²) in [6, 6.07) is 5.50. The Kier molecular flexibility index (Phi) is 3.84. The second-order valence-electron chi connectivity index (χ2n) is 4.38. The lowest BCUT2D eigenvalue weighted by molar-refractivity contribution is -0.127. The fraction of sp³-hybridized carbons (Fsp3) is 0.462. The van der Waals surface area contributed by atoms with Gasteiger partial charge >= 0.3 is 0 Å². The van der Waals surface area contributed by atoms with E-state index < -0.39 is 6.10 Å². The van der Waals surface area contributed by atoms with E-state index in [4.69, 9.17) is 4.74 Å². The summed E-state index contributed by atoms with van der Waals surface area (Å²) in [5.41, 5.74) is 0.856. The topological polar surface area (TPSA) is 46.5 Å². The van der Waals surface area contributed by atoms with Gasteiger partial charge in [0.1, 0.15) is 11.9 Å². The predicted molar refractivity (Wildman–Crippen MR) is 68.1 cm³/mol. The van der Waals surface area contributed by atoms with Crippen LogP contribution in [0.5, 0.6) is 5.75 Å². The molecule has 17 heavy (non-hydrogen) atoms. The third-order valence-electron chi connectivity index (χ3n) is 3.02. The van der Waals surface area contributed by atoms with Gasteiger partial charge in [-0.1, -0.05) is 15.9 Å². The van der Waals surface area contributed by atoms with E-state index in [1.165, 1.54) is 0 Å². The molecule has 0 saturated heterocycles. The third-order valence-corrected chi connectivity index (χ3v) is 3.79. The van der Waals surface area contributed by atoms with Crippen LogP contribution in [0, 0.1) is 5.92 Å². The van der Waals surface area contributed by atoms with Crippen molar-refractivity contribution in [3.8, 4) is 5.75 Å². The standard InChI is InChI=1S/C13H15BrO3/c1-17-10-4-5-11(14)9(6-10)7-12(15)13(16)8-2-3-8/h4-6,8,13,16H,2-3,7H2,1H3. The number of ketones is 1. The van der Waals surface area contributed by atoms with Crippen molar-refractivity contribution in [2.24, 2.45) is 5.92 Å². The summed E-state index contributed by atoms with van der Waals surface area (Å²) in [4.78, 5) is 11.8. The Morgan fingerprint density at radius 3 is 2.88 bits per heavy atom. The average Bonchev–Trinajstić information content (AvgIpc) is 3.15. The van der Waals surface area contributed by atoms with Gasteiger partial charge in [0.25, 0.3) is 0 Å². The van der Waals surface area contributed by atoms with Crippen molar-refractivity contribution in [2.75, 3.05) is 7.11 Å². The molecule has 1 aromatic carbocycles. The molecule has 0 amide bonds. The molecule has 3 nitrogen and oxygen atoms in total. The van der Waals surface area contributed by atoms with Gasteiger partial charge < -0.3 is 9.84 Å². The molecule has 0 heterocycles. The van der Waals surface area contributed by atoms with E-state index in [0.717, 1.165) is 28.6 Å². The molecule has 0 spiro atoms. The van der Waals surface area contributed by atoms with Crippen molar-refractivity contribution in [1.29, 1.82) is 0 Å². The molecule has 1 atom stereocenters. The number of aliphatic hydroxyl groups excluding tert-OH is 1. The van der Waals surface area contributed by atoms with E-state index >= 15 is 0 Å². The van der Waals surface area contributed by atoms with Gasteiger partial charge in [-0.2, -0.15) is 0 Å². The average molecular weight is 299 g/mol. The van der Waals surface area contributed by atoms with Gasteiger partial charge in [0, 0.05) is 10.9 Å². The molecular formula is C13H15BrO3. The quantitative estimate of drug-likeness (QED) is 0.908. The molecule has 1 aliphatic rings. The fourth-order valence-electron chi connectivity index (χ4n) is 1.78. The van der Waals surface area contributed by atoms with Crippen LogP contribution < -0.4 is 4.74 Å². The summed E-state index contributed by atoms with van der Waals surface area (Å²) in [6.45, 7) is 0. The summed E-state index contributed by atoms with van der Waals surface area (Å²) in [7, 11) is 1.59. The monoisotopic (exact) mass is 298 g/mol. The highest BCUT2D eigenvalue weighted by Crippen LogP contribution is 2.33. The Morgan fingerprint density at radius 1 is 1.59 bits per heavy atom. The Balaban J connectivity index is 2.08. The maximum absolute atomic E-state index is 11.8. The first-order valence-corrected chi connectivity index (χ1v) is 6.44. The number of methoxy groups -OCH3 is 1. The molecule has 92 valence electrons. The van der Waals surface area contributed by atoms with E-state index in [9.17, 15) is 9.90 Å². The molecular weight excluding hydrogens is 284 g/mol. The van der Waals surface area contributed by atoms with E-state index in [2.05, 4.69) is 15.9 Å². The van der Waals surface area contributed by atoms with Crippen molar-refractivity contribution in [1.82, 2.24) is 0 Å². The first-order chi connectivity index (χ1) is 8.11. The van der Waals surface area contributed by atoms with Crippen molar-refractivity contribution < 1.29 is 14.6 Å². The van der Waals surface area contributed by atoms with Crippen LogP contribution in [0.25, 0.3) is 0 Å². The fourth-order valence-corrected chi connectivity index (χ4v) is 2.17. The molecule has 1 fully saturated rings. The van der Waals surface area contributed by atoms with Crippen molar-refractivity contribution in [2.45, 2.75) is 25.4 Å². The molecule has 4 heteroatoms. The normalized spacial score (nSPS) is 16.6. The smallest absolute Gasteiger partial charge is 0.165 e. The Labute approximate surface area is 109 Å². The molecule has 1 N–H and O–H groups in total. The zero-order valence-electron chi connectivity index (χ0n) is 9.65. The number of carbonyl (C=O) groups is 1. The van der Waals surface area contributed by atoms with Crippen LogP contribution in [-0.4, -0.2) is 24.1 Å². The van der Waals surface area contributed by atoms with E-state index in [0.29, 0.717) is 0 Å². The third kappa shape index (κ3) is 3.07. The second kappa shape index (κ2) is 5.19. The SMILES string of the molecule is COc1ccc(Br)c(CC(=O)C(O)C2CC2)c1. The number of hydrogen-bond acceptors (Lipinski definition) is 3. The summed E-state index contributed by atoms with van der Waals surface area (Å²) in [5, 5.41) is 9.74. The van der Waals surface area contributed by atoms with Crippen LogP contribution in [-0.2, 0) is 11.2 Å². The maximum atomic E-state index is 11.8. The summed E-state index contributed by atoms with van der Waals surface area (Å²) < 4.78 is 5.99. The highest BCUT2D eigenvalue weighted by molar-refractivity contribution is 9.10. The lowest BCUT2D eigenvalue weighted by atomic mass is 10.0. The Bertz CT molecular complexity index is 427. The van der Waals surface area contributed by atoms with Crippen LogP contribution in [0.15, 0.2) is 22.7 Å². The Hall–Kier alpha value is -0.870. The number of rotatable bonds is 5. The molecule has 0 bridgehead atoms.